The van der Waals surface area contributed by atoms with Crippen molar-refractivity contribution in [1.29, 1.82) is 0 Å². The number of ether oxygens (including phenoxy) is 1. The van der Waals surface area contributed by atoms with Crippen LogP contribution in [0, 0.1) is 5.92 Å². The molecule has 1 aliphatic rings. The number of rotatable bonds is 6. The van der Waals surface area contributed by atoms with Crippen molar-refractivity contribution in [2.75, 3.05) is 5.32 Å². The summed E-state index contributed by atoms with van der Waals surface area (Å²) in [4.78, 5) is 25.3. The Hall–Kier alpha value is -3.60. The van der Waals surface area contributed by atoms with Gasteiger partial charge < -0.3 is 15.4 Å². The summed E-state index contributed by atoms with van der Waals surface area (Å²) in [5, 5.41) is 5.98. The van der Waals surface area contributed by atoms with Gasteiger partial charge in [0.25, 0.3) is 0 Å². The molecule has 0 bridgehead atoms. The molecule has 0 atom stereocenters. The highest BCUT2D eigenvalue weighted by Gasteiger charge is 2.32. The van der Waals surface area contributed by atoms with Crippen molar-refractivity contribution in [3.63, 3.8) is 0 Å². The van der Waals surface area contributed by atoms with Crippen LogP contribution in [0.4, 0.5) is 5.69 Å². The largest absolute Gasteiger partial charge is 0.457 e. The van der Waals surface area contributed by atoms with E-state index >= 15 is 0 Å². The summed E-state index contributed by atoms with van der Waals surface area (Å²) in [6.45, 7) is 4.39. The third-order valence-corrected chi connectivity index (χ3v) is 5.21. The fourth-order valence-electron chi connectivity index (χ4n) is 3.83. The summed E-state index contributed by atoms with van der Waals surface area (Å²) >= 11 is 0. The van der Waals surface area contributed by atoms with Gasteiger partial charge in [-0.15, -0.1) is 0 Å². The zero-order chi connectivity index (χ0) is 21.8. The smallest absolute Gasteiger partial charge is 0.232 e. The molecule has 0 fully saturated rings. The minimum atomic E-state index is -0.435. The van der Waals surface area contributed by atoms with E-state index in [4.69, 9.17) is 4.74 Å². The molecule has 0 saturated carbocycles. The number of carbonyl (C=O) groups is 2. The van der Waals surface area contributed by atoms with Gasteiger partial charge in [-0.1, -0.05) is 62.4 Å². The van der Waals surface area contributed by atoms with Crippen LogP contribution in [0.1, 0.15) is 42.9 Å². The Balaban J connectivity index is 1.49. The minimum absolute atomic E-state index is 0.00777. The maximum atomic E-state index is 13.2. The normalized spacial score (nSPS) is 12.5. The van der Waals surface area contributed by atoms with Crippen molar-refractivity contribution in [2.45, 2.75) is 32.7 Å². The maximum Gasteiger partial charge on any atom is 0.232 e. The second-order valence-electron chi connectivity index (χ2n) is 8.18. The number of para-hydroxylation sites is 2. The van der Waals surface area contributed by atoms with Crippen LogP contribution in [0.5, 0.6) is 11.5 Å². The van der Waals surface area contributed by atoms with E-state index in [9.17, 15) is 9.59 Å². The molecule has 3 aromatic carbocycles. The highest BCUT2D eigenvalue weighted by Crippen LogP contribution is 2.43. The number of amides is 2. The van der Waals surface area contributed by atoms with E-state index in [1.165, 1.54) is 0 Å². The molecule has 0 spiro atoms. The number of benzene rings is 3. The molecule has 0 unspecified atom stereocenters. The third-order valence-electron chi connectivity index (χ3n) is 5.21. The average molecular weight is 415 g/mol. The second kappa shape index (κ2) is 9.04. The summed E-state index contributed by atoms with van der Waals surface area (Å²) in [6, 6.07) is 22.8. The van der Waals surface area contributed by atoms with Gasteiger partial charge in [0.1, 0.15) is 11.5 Å². The van der Waals surface area contributed by atoms with Crippen LogP contribution in [0.3, 0.4) is 0 Å². The molecule has 0 aromatic heterocycles. The van der Waals surface area contributed by atoms with Gasteiger partial charge in [-0.25, -0.2) is 0 Å². The van der Waals surface area contributed by atoms with Gasteiger partial charge >= 0.3 is 0 Å². The van der Waals surface area contributed by atoms with E-state index in [0.29, 0.717) is 30.4 Å². The lowest BCUT2D eigenvalue weighted by atomic mass is 9.87. The van der Waals surface area contributed by atoms with Crippen molar-refractivity contribution in [2.24, 2.45) is 5.92 Å². The minimum Gasteiger partial charge on any atom is -0.457 e. The SMILES string of the molecule is CC(C)CC(=O)Nc1cccc(CNC(=O)C2c3ccccc3Oc3ccccc32)c1. The molecule has 4 rings (SSSR count). The average Bonchev–Trinajstić information content (AvgIpc) is 2.75. The van der Waals surface area contributed by atoms with Gasteiger partial charge in [-0.2, -0.15) is 0 Å². The number of anilines is 1. The van der Waals surface area contributed by atoms with Gasteiger partial charge in [0, 0.05) is 29.8 Å². The molecule has 0 aliphatic carbocycles. The van der Waals surface area contributed by atoms with Gasteiger partial charge in [-0.05, 0) is 35.7 Å². The number of hydrogen-bond donors (Lipinski definition) is 2. The van der Waals surface area contributed by atoms with E-state index < -0.39 is 5.92 Å². The molecule has 5 heteroatoms. The predicted octanol–water partition coefficient (Wildman–Crippen LogP) is 5.23. The molecule has 0 saturated heterocycles. The number of carbonyl (C=O) groups excluding carboxylic acids is 2. The van der Waals surface area contributed by atoms with Gasteiger partial charge in [0.15, 0.2) is 0 Å². The topological polar surface area (TPSA) is 67.4 Å². The monoisotopic (exact) mass is 414 g/mol. The van der Waals surface area contributed by atoms with Crippen LogP contribution in [0.2, 0.25) is 0 Å². The Kier molecular flexibility index (Phi) is 6.03. The van der Waals surface area contributed by atoms with Crippen molar-refractivity contribution in [1.82, 2.24) is 5.32 Å². The highest BCUT2D eigenvalue weighted by molar-refractivity contribution is 5.91. The van der Waals surface area contributed by atoms with Crippen molar-refractivity contribution in [3.05, 3.63) is 89.5 Å². The Morgan fingerprint density at radius 1 is 0.903 bits per heavy atom. The van der Waals surface area contributed by atoms with E-state index in [2.05, 4.69) is 10.6 Å². The first kappa shape index (κ1) is 20.7. The Labute approximate surface area is 182 Å². The van der Waals surface area contributed by atoms with Crippen LogP contribution in [0.15, 0.2) is 72.8 Å². The fourth-order valence-corrected chi connectivity index (χ4v) is 3.83. The van der Waals surface area contributed by atoms with Gasteiger partial charge in [-0.3, -0.25) is 9.59 Å². The molecular weight excluding hydrogens is 388 g/mol. The summed E-state index contributed by atoms with van der Waals surface area (Å²) in [6.07, 6.45) is 0.476. The number of nitrogens with one attached hydrogen (secondary N) is 2. The lowest BCUT2D eigenvalue weighted by Gasteiger charge is -2.27. The zero-order valence-corrected chi connectivity index (χ0v) is 17.7. The Morgan fingerprint density at radius 2 is 1.55 bits per heavy atom. The molecule has 1 aliphatic heterocycles. The van der Waals surface area contributed by atoms with E-state index in [-0.39, 0.29) is 11.8 Å². The lowest BCUT2D eigenvalue weighted by Crippen LogP contribution is -2.31. The molecule has 3 aromatic rings. The summed E-state index contributed by atoms with van der Waals surface area (Å²) in [5.41, 5.74) is 3.37. The number of hydrogen-bond acceptors (Lipinski definition) is 3. The van der Waals surface area contributed by atoms with E-state index in [1.54, 1.807) is 0 Å². The predicted molar refractivity (Wildman–Crippen MR) is 121 cm³/mol. The second-order valence-corrected chi connectivity index (χ2v) is 8.18. The standard InChI is InChI=1S/C26H26N2O3/c1-17(2)14-24(29)28-19-9-7-8-18(15-19)16-27-26(30)25-20-10-3-5-12-22(20)31-23-13-6-4-11-21(23)25/h3-13,15,17,25H,14,16H2,1-2H3,(H,27,30)(H,28,29). The van der Waals surface area contributed by atoms with Crippen molar-refractivity contribution >= 4 is 17.5 Å². The quantitative estimate of drug-likeness (QED) is 0.581. The Bertz CT molecular complexity index is 1060. The first-order chi connectivity index (χ1) is 15.0. The summed E-state index contributed by atoms with van der Waals surface area (Å²) < 4.78 is 5.98. The summed E-state index contributed by atoms with van der Waals surface area (Å²) in [5.74, 6) is 1.18. The molecule has 31 heavy (non-hydrogen) atoms. The van der Waals surface area contributed by atoms with E-state index in [1.807, 2.05) is 86.6 Å². The Morgan fingerprint density at radius 3 is 2.19 bits per heavy atom. The van der Waals surface area contributed by atoms with Crippen LogP contribution in [-0.2, 0) is 16.1 Å². The van der Waals surface area contributed by atoms with Gasteiger partial charge in [0.05, 0.1) is 5.92 Å². The fraction of sp³-hybridized carbons (Fsp3) is 0.231. The zero-order valence-electron chi connectivity index (χ0n) is 17.7. The lowest BCUT2D eigenvalue weighted by molar-refractivity contribution is -0.122. The number of fused-ring (bicyclic) bond motifs is 2. The molecule has 1 heterocycles. The van der Waals surface area contributed by atoms with Crippen molar-refractivity contribution in [3.8, 4) is 11.5 Å². The molecule has 158 valence electrons. The van der Waals surface area contributed by atoms with E-state index in [0.717, 1.165) is 22.4 Å². The summed E-state index contributed by atoms with van der Waals surface area (Å²) in [7, 11) is 0. The molecule has 2 amide bonds. The van der Waals surface area contributed by atoms with Crippen LogP contribution < -0.4 is 15.4 Å². The maximum absolute atomic E-state index is 13.2. The van der Waals surface area contributed by atoms with Crippen LogP contribution >= 0.6 is 0 Å². The van der Waals surface area contributed by atoms with Gasteiger partial charge in [0.2, 0.25) is 11.8 Å². The molecule has 2 N–H and O–H groups in total. The molecule has 0 radical (unpaired) electrons. The highest BCUT2D eigenvalue weighted by atomic mass is 16.5. The molecular formula is C26H26N2O3. The first-order valence-electron chi connectivity index (χ1n) is 10.5. The third kappa shape index (κ3) is 4.77. The van der Waals surface area contributed by atoms with Crippen LogP contribution in [-0.4, -0.2) is 11.8 Å². The first-order valence-corrected chi connectivity index (χ1v) is 10.5. The molecule has 5 nitrogen and oxygen atoms in total. The van der Waals surface area contributed by atoms with Crippen LogP contribution in [0.25, 0.3) is 0 Å². The van der Waals surface area contributed by atoms with Crippen molar-refractivity contribution < 1.29 is 14.3 Å².